The number of benzene rings is 2. The lowest BCUT2D eigenvalue weighted by Crippen LogP contribution is -2.50. The molecule has 2 saturated carbocycles. The number of rotatable bonds is 7. The molecule has 5 rings (SSSR count). The SMILES string of the molecule is O=C(O)CC(NC(=O)OCC1c2ccccc2-c2ccccc21)C(=O)NC1CCC2CC2CC1. The molecule has 34 heavy (non-hydrogen) atoms. The Kier molecular flexibility index (Phi) is 6.26. The molecule has 3 unspecified atom stereocenters. The summed E-state index contributed by atoms with van der Waals surface area (Å²) in [7, 11) is 0. The average Bonchev–Trinajstić information content (AvgIpc) is 3.54. The van der Waals surface area contributed by atoms with E-state index >= 15 is 0 Å². The maximum atomic E-state index is 12.8. The zero-order valence-corrected chi connectivity index (χ0v) is 19.0. The van der Waals surface area contributed by atoms with Gasteiger partial charge in [-0.25, -0.2) is 4.79 Å². The van der Waals surface area contributed by atoms with Crippen LogP contribution in [0.3, 0.4) is 0 Å². The van der Waals surface area contributed by atoms with Crippen molar-refractivity contribution in [2.75, 3.05) is 6.61 Å². The van der Waals surface area contributed by atoms with Crippen LogP contribution in [0.1, 0.15) is 55.6 Å². The van der Waals surface area contributed by atoms with Gasteiger partial charge >= 0.3 is 12.1 Å². The number of ether oxygens (including phenoxy) is 1. The third-order valence-electron chi connectivity index (χ3n) is 7.52. The maximum Gasteiger partial charge on any atom is 0.407 e. The largest absolute Gasteiger partial charge is 0.481 e. The first kappa shape index (κ1) is 22.4. The Morgan fingerprint density at radius 1 is 0.912 bits per heavy atom. The fourth-order valence-corrected chi connectivity index (χ4v) is 5.60. The summed E-state index contributed by atoms with van der Waals surface area (Å²) in [5, 5.41) is 14.7. The van der Waals surface area contributed by atoms with Crippen molar-refractivity contribution >= 4 is 18.0 Å². The lowest BCUT2D eigenvalue weighted by atomic mass is 9.98. The monoisotopic (exact) mass is 462 g/mol. The van der Waals surface area contributed by atoms with Crippen LogP contribution in [0.15, 0.2) is 48.5 Å². The molecule has 7 nitrogen and oxygen atoms in total. The van der Waals surface area contributed by atoms with E-state index in [0.29, 0.717) is 0 Å². The summed E-state index contributed by atoms with van der Waals surface area (Å²) in [6.07, 6.45) is 4.01. The number of hydrogen-bond donors (Lipinski definition) is 3. The topological polar surface area (TPSA) is 105 Å². The van der Waals surface area contributed by atoms with Gasteiger partial charge in [0.25, 0.3) is 0 Å². The van der Waals surface area contributed by atoms with Crippen molar-refractivity contribution < 1.29 is 24.2 Å². The van der Waals surface area contributed by atoms with E-state index in [1.165, 1.54) is 6.42 Å². The first-order chi connectivity index (χ1) is 16.5. The van der Waals surface area contributed by atoms with E-state index in [9.17, 15) is 19.5 Å². The van der Waals surface area contributed by atoms with Crippen LogP contribution < -0.4 is 10.6 Å². The molecule has 3 aliphatic carbocycles. The molecular weight excluding hydrogens is 432 g/mol. The van der Waals surface area contributed by atoms with Gasteiger partial charge < -0.3 is 20.5 Å². The summed E-state index contributed by atoms with van der Waals surface area (Å²) in [6.45, 7) is 0.104. The molecule has 0 radical (unpaired) electrons. The molecule has 2 fully saturated rings. The highest BCUT2D eigenvalue weighted by Crippen LogP contribution is 2.48. The van der Waals surface area contributed by atoms with Crippen molar-refractivity contribution in [2.45, 2.75) is 56.5 Å². The zero-order chi connectivity index (χ0) is 23.7. The highest BCUT2D eigenvalue weighted by atomic mass is 16.5. The Bertz CT molecular complexity index is 1040. The fourth-order valence-electron chi connectivity index (χ4n) is 5.60. The van der Waals surface area contributed by atoms with E-state index in [1.807, 2.05) is 36.4 Å². The van der Waals surface area contributed by atoms with E-state index < -0.39 is 30.4 Å². The molecule has 2 aromatic carbocycles. The third-order valence-corrected chi connectivity index (χ3v) is 7.52. The molecule has 2 aromatic rings. The highest BCUT2D eigenvalue weighted by molar-refractivity contribution is 5.89. The van der Waals surface area contributed by atoms with E-state index in [4.69, 9.17) is 4.74 Å². The highest BCUT2D eigenvalue weighted by Gasteiger charge is 2.39. The number of alkyl carbamates (subject to hydrolysis) is 1. The molecule has 3 atom stereocenters. The number of fused-ring (bicyclic) bond motifs is 4. The van der Waals surface area contributed by atoms with Gasteiger partial charge in [-0.1, -0.05) is 48.5 Å². The molecule has 3 aliphatic rings. The van der Waals surface area contributed by atoms with Crippen LogP contribution in [-0.4, -0.2) is 41.8 Å². The van der Waals surface area contributed by atoms with E-state index in [2.05, 4.69) is 22.8 Å². The first-order valence-corrected chi connectivity index (χ1v) is 12.1. The van der Waals surface area contributed by atoms with Crippen LogP contribution >= 0.6 is 0 Å². The van der Waals surface area contributed by atoms with Gasteiger partial charge in [-0.2, -0.15) is 0 Å². The first-order valence-electron chi connectivity index (χ1n) is 12.1. The Hall–Kier alpha value is -3.35. The van der Waals surface area contributed by atoms with Crippen molar-refractivity contribution in [3.05, 3.63) is 59.7 Å². The molecule has 2 amide bonds. The molecule has 0 heterocycles. The summed E-state index contributed by atoms with van der Waals surface area (Å²) in [5.41, 5.74) is 4.41. The summed E-state index contributed by atoms with van der Waals surface area (Å²) in [5.74, 6) is -0.147. The summed E-state index contributed by atoms with van der Waals surface area (Å²) in [6, 6.07) is 14.9. The van der Waals surface area contributed by atoms with Crippen LogP contribution in [-0.2, 0) is 14.3 Å². The van der Waals surface area contributed by atoms with Gasteiger partial charge in [0.2, 0.25) is 5.91 Å². The second kappa shape index (κ2) is 9.49. The lowest BCUT2D eigenvalue weighted by Gasteiger charge is -2.22. The summed E-state index contributed by atoms with van der Waals surface area (Å²) in [4.78, 5) is 36.8. The molecular formula is C27H30N2O5. The summed E-state index contributed by atoms with van der Waals surface area (Å²) >= 11 is 0. The minimum Gasteiger partial charge on any atom is -0.481 e. The number of hydrogen-bond acceptors (Lipinski definition) is 4. The molecule has 0 saturated heterocycles. The van der Waals surface area contributed by atoms with Crippen LogP contribution in [0, 0.1) is 11.8 Å². The molecule has 3 N–H and O–H groups in total. The number of aliphatic carboxylic acids is 1. The normalized spacial score (nSPS) is 23.5. The zero-order valence-electron chi connectivity index (χ0n) is 19.0. The van der Waals surface area contributed by atoms with Crippen LogP contribution in [0.2, 0.25) is 0 Å². The fraction of sp³-hybridized carbons (Fsp3) is 0.444. The van der Waals surface area contributed by atoms with Crippen molar-refractivity contribution in [3.8, 4) is 11.1 Å². The van der Waals surface area contributed by atoms with Crippen LogP contribution in [0.25, 0.3) is 11.1 Å². The second-order valence-corrected chi connectivity index (χ2v) is 9.74. The van der Waals surface area contributed by atoms with Crippen molar-refractivity contribution in [1.29, 1.82) is 0 Å². The standard InChI is InChI=1S/C27H30N2O5/c30-25(31)14-24(26(32)28-18-11-9-16-13-17(16)10-12-18)29-27(33)34-15-23-21-7-3-1-5-19(21)20-6-2-4-8-22(20)23/h1-8,16-18,23-24H,9-15H2,(H,28,32)(H,29,33)(H,30,31). The Labute approximate surface area is 198 Å². The smallest absolute Gasteiger partial charge is 0.407 e. The van der Waals surface area contributed by atoms with Crippen LogP contribution in [0.5, 0.6) is 0 Å². The summed E-state index contributed by atoms with van der Waals surface area (Å²) < 4.78 is 5.51. The minimum absolute atomic E-state index is 0.0286. The van der Waals surface area contributed by atoms with Gasteiger partial charge in [0, 0.05) is 12.0 Å². The molecule has 0 aromatic heterocycles. The van der Waals surface area contributed by atoms with Gasteiger partial charge in [-0.15, -0.1) is 0 Å². The molecule has 0 bridgehead atoms. The number of carboxylic acid groups (broad SMARTS) is 1. The molecule has 0 spiro atoms. The third kappa shape index (κ3) is 4.79. The van der Waals surface area contributed by atoms with Crippen molar-refractivity contribution in [3.63, 3.8) is 0 Å². The van der Waals surface area contributed by atoms with Gasteiger partial charge in [0.15, 0.2) is 0 Å². The van der Waals surface area contributed by atoms with Crippen molar-refractivity contribution in [1.82, 2.24) is 10.6 Å². The number of nitrogens with one attached hydrogen (secondary N) is 2. The Morgan fingerprint density at radius 2 is 1.50 bits per heavy atom. The molecule has 0 aliphatic heterocycles. The molecule has 178 valence electrons. The number of carboxylic acids is 1. The van der Waals surface area contributed by atoms with Crippen molar-refractivity contribution in [2.24, 2.45) is 11.8 Å². The van der Waals surface area contributed by atoms with Gasteiger partial charge in [0.05, 0.1) is 6.42 Å². The number of carbonyl (C=O) groups excluding carboxylic acids is 2. The maximum absolute atomic E-state index is 12.8. The van der Waals surface area contributed by atoms with E-state index in [1.54, 1.807) is 0 Å². The second-order valence-electron chi connectivity index (χ2n) is 9.74. The number of carbonyl (C=O) groups is 3. The molecule has 7 heteroatoms. The number of amides is 2. The quantitative estimate of drug-likeness (QED) is 0.576. The predicted octanol–water partition coefficient (Wildman–Crippen LogP) is 4.06. The predicted molar refractivity (Wildman–Crippen MR) is 126 cm³/mol. The van der Waals surface area contributed by atoms with Gasteiger partial charge in [0.1, 0.15) is 12.6 Å². The lowest BCUT2D eigenvalue weighted by molar-refractivity contribution is -0.140. The minimum atomic E-state index is -1.18. The Morgan fingerprint density at radius 3 is 2.09 bits per heavy atom. The van der Waals surface area contributed by atoms with Gasteiger partial charge in [-0.3, -0.25) is 9.59 Å². The average molecular weight is 463 g/mol. The van der Waals surface area contributed by atoms with E-state index in [-0.39, 0.29) is 18.6 Å². The Balaban J connectivity index is 1.20. The van der Waals surface area contributed by atoms with Gasteiger partial charge in [-0.05, 0) is 66.2 Å². The van der Waals surface area contributed by atoms with Crippen LogP contribution in [0.4, 0.5) is 4.79 Å². The van der Waals surface area contributed by atoms with E-state index in [0.717, 1.165) is 59.8 Å².